The molecule has 84 valence electrons. The highest BCUT2D eigenvalue weighted by atomic mass is 16.3. The van der Waals surface area contributed by atoms with E-state index < -0.39 is 0 Å². The van der Waals surface area contributed by atoms with Gasteiger partial charge < -0.3 is 9.67 Å². The molecular formula is C14H12N2O. The summed E-state index contributed by atoms with van der Waals surface area (Å²) in [6.45, 7) is 0. The number of aromatic nitrogens is 2. The number of fused-ring (bicyclic) bond motifs is 1. The van der Waals surface area contributed by atoms with Crippen LogP contribution in [-0.2, 0) is 7.05 Å². The largest absolute Gasteiger partial charge is 0.506 e. The minimum absolute atomic E-state index is 0.197. The van der Waals surface area contributed by atoms with Crippen molar-refractivity contribution < 1.29 is 5.11 Å². The Bertz CT molecular complexity index is 671. The van der Waals surface area contributed by atoms with Crippen molar-refractivity contribution in [2.45, 2.75) is 0 Å². The van der Waals surface area contributed by atoms with E-state index in [9.17, 15) is 5.11 Å². The van der Waals surface area contributed by atoms with Gasteiger partial charge in [0, 0.05) is 12.4 Å². The van der Waals surface area contributed by atoms with Crippen LogP contribution in [0.2, 0.25) is 0 Å². The van der Waals surface area contributed by atoms with Crippen LogP contribution in [0.1, 0.15) is 0 Å². The zero-order valence-corrected chi connectivity index (χ0v) is 9.46. The number of rotatable bonds is 1. The molecule has 0 saturated heterocycles. The molecule has 0 fully saturated rings. The minimum Gasteiger partial charge on any atom is -0.506 e. The maximum atomic E-state index is 9.43. The first-order valence-corrected chi connectivity index (χ1v) is 5.45. The molecular weight excluding hydrogens is 212 g/mol. The number of benzene rings is 1. The standard InChI is InChI=1S/C14H12N2O/c1-16-13(10-5-3-2-4-6-10)8-11-7-12(17)9-15-14(11)16/h2-9,17H,1H3. The smallest absolute Gasteiger partial charge is 0.140 e. The monoisotopic (exact) mass is 224 g/mol. The van der Waals surface area contributed by atoms with Crippen molar-refractivity contribution in [3.63, 3.8) is 0 Å². The zero-order chi connectivity index (χ0) is 11.8. The molecule has 0 saturated carbocycles. The molecule has 0 spiro atoms. The van der Waals surface area contributed by atoms with Crippen LogP contribution in [0.3, 0.4) is 0 Å². The van der Waals surface area contributed by atoms with E-state index in [0.717, 1.165) is 22.3 Å². The van der Waals surface area contributed by atoms with E-state index in [2.05, 4.69) is 17.1 Å². The van der Waals surface area contributed by atoms with Crippen molar-refractivity contribution in [3.8, 4) is 17.0 Å². The van der Waals surface area contributed by atoms with Crippen LogP contribution in [0.5, 0.6) is 5.75 Å². The number of pyridine rings is 1. The quantitative estimate of drug-likeness (QED) is 0.690. The summed E-state index contributed by atoms with van der Waals surface area (Å²) in [6.07, 6.45) is 1.47. The molecule has 1 N–H and O–H groups in total. The lowest BCUT2D eigenvalue weighted by Crippen LogP contribution is -1.92. The number of aryl methyl sites for hydroxylation is 1. The Morgan fingerprint density at radius 2 is 1.88 bits per heavy atom. The van der Waals surface area contributed by atoms with Gasteiger partial charge in [-0.3, -0.25) is 0 Å². The molecule has 2 aromatic heterocycles. The molecule has 0 atom stereocenters. The fraction of sp³-hybridized carbons (Fsp3) is 0.0714. The third-order valence-electron chi connectivity index (χ3n) is 2.92. The summed E-state index contributed by atoms with van der Waals surface area (Å²) in [6, 6.07) is 13.9. The number of hydrogen-bond acceptors (Lipinski definition) is 2. The molecule has 3 rings (SSSR count). The fourth-order valence-electron chi connectivity index (χ4n) is 2.09. The fourth-order valence-corrected chi connectivity index (χ4v) is 2.09. The van der Waals surface area contributed by atoms with Crippen LogP contribution in [-0.4, -0.2) is 14.7 Å². The summed E-state index contributed by atoms with van der Waals surface area (Å²) in [4.78, 5) is 4.24. The van der Waals surface area contributed by atoms with Gasteiger partial charge in [0.2, 0.25) is 0 Å². The van der Waals surface area contributed by atoms with Gasteiger partial charge in [0.25, 0.3) is 0 Å². The Kier molecular flexibility index (Phi) is 2.11. The van der Waals surface area contributed by atoms with Crippen molar-refractivity contribution in [1.82, 2.24) is 9.55 Å². The summed E-state index contributed by atoms with van der Waals surface area (Å²) in [7, 11) is 1.98. The van der Waals surface area contributed by atoms with Gasteiger partial charge in [-0.1, -0.05) is 30.3 Å². The lowest BCUT2D eigenvalue weighted by atomic mass is 10.1. The van der Waals surface area contributed by atoms with Gasteiger partial charge in [-0.25, -0.2) is 4.98 Å². The van der Waals surface area contributed by atoms with Crippen LogP contribution < -0.4 is 0 Å². The SMILES string of the molecule is Cn1c(-c2ccccc2)cc2cc(O)cnc21. The Balaban J connectivity index is 2.28. The average molecular weight is 224 g/mol. The molecule has 0 aliphatic rings. The maximum absolute atomic E-state index is 9.43. The molecule has 0 unspecified atom stereocenters. The summed E-state index contributed by atoms with van der Waals surface area (Å²) < 4.78 is 2.03. The summed E-state index contributed by atoms with van der Waals surface area (Å²) >= 11 is 0. The molecule has 3 nitrogen and oxygen atoms in total. The topological polar surface area (TPSA) is 38.0 Å². The highest BCUT2D eigenvalue weighted by Gasteiger charge is 2.08. The number of aromatic hydroxyl groups is 1. The van der Waals surface area contributed by atoms with Crippen molar-refractivity contribution in [2.24, 2.45) is 7.05 Å². The molecule has 3 heteroatoms. The summed E-state index contributed by atoms with van der Waals surface area (Å²) in [5.74, 6) is 0.197. The second-order valence-electron chi connectivity index (χ2n) is 4.06. The summed E-state index contributed by atoms with van der Waals surface area (Å²) in [5.41, 5.74) is 3.12. The van der Waals surface area contributed by atoms with Crippen molar-refractivity contribution in [3.05, 3.63) is 48.7 Å². The van der Waals surface area contributed by atoms with Crippen LogP contribution in [0.25, 0.3) is 22.3 Å². The molecule has 0 aliphatic heterocycles. The number of nitrogens with zero attached hydrogens (tertiary/aromatic N) is 2. The predicted octanol–water partition coefficient (Wildman–Crippen LogP) is 2.95. The second-order valence-corrected chi connectivity index (χ2v) is 4.06. The van der Waals surface area contributed by atoms with Crippen LogP contribution in [0.15, 0.2) is 48.7 Å². The van der Waals surface area contributed by atoms with E-state index >= 15 is 0 Å². The Morgan fingerprint density at radius 1 is 1.12 bits per heavy atom. The predicted molar refractivity (Wildman–Crippen MR) is 67.8 cm³/mol. The first-order chi connectivity index (χ1) is 8.25. The molecule has 17 heavy (non-hydrogen) atoms. The van der Waals surface area contributed by atoms with Gasteiger partial charge in [0.05, 0.1) is 11.9 Å². The van der Waals surface area contributed by atoms with Gasteiger partial charge in [-0.05, 0) is 17.7 Å². The minimum atomic E-state index is 0.197. The van der Waals surface area contributed by atoms with Crippen LogP contribution >= 0.6 is 0 Å². The first kappa shape index (κ1) is 9.90. The van der Waals surface area contributed by atoms with Crippen molar-refractivity contribution in [1.29, 1.82) is 0 Å². The maximum Gasteiger partial charge on any atom is 0.140 e. The molecule has 2 heterocycles. The van der Waals surface area contributed by atoms with E-state index in [1.165, 1.54) is 6.20 Å². The third-order valence-corrected chi connectivity index (χ3v) is 2.92. The molecule has 0 bridgehead atoms. The van der Waals surface area contributed by atoms with Gasteiger partial charge in [0.1, 0.15) is 11.4 Å². The van der Waals surface area contributed by atoms with Crippen LogP contribution in [0, 0.1) is 0 Å². The average Bonchev–Trinajstić information content (AvgIpc) is 2.67. The highest BCUT2D eigenvalue weighted by molar-refractivity contribution is 5.84. The van der Waals surface area contributed by atoms with E-state index in [4.69, 9.17) is 0 Å². The van der Waals surface area contributed by atoms with Gasteiger partial charge in [-0.15, -0.1) is 0 Å². The molecule has 3 aromatic rings. The van der Waals surface area contributed by atoms with Crippen molar-refractivity contribution in [2.75, 3.05) is 0 Å². The van der Waals surface area contributed by atoms with Crippen molar-refractivity contribution >= 4 is 11.0 Å². The zero-order valence-electron chi connectivity index (χ0n) is 9.46. The Labute approximate surface area is 99.0 Å². The van der Waals surface area contributed by atoms with Gasteiger partial charge in [0.15, 0.2) is 0 Å². The van der Waals surface area contributed by atoms with Crippen LogP contribution in [0.4, 0.5) is 0 Å². The molecule has 1 aromatic carbocycles. The normalized spacial score (nSPS) is 10.9. The molecule has 0 amide bonds. The van der Waals surface area contributed by atoms with E-state index in [-0.39, 0.29) is 5.75 Å². The van der Waals surface area contributed by atoms with Gasteiger partial charge in [-0.2, -0.15) is 0 Å². The third kappa shape index (κ3) is 1.56. The van der Waals surface area contributed by atoms with E-state index in [1.807, 2.05) is 35.9 Å². The highest BCUT2D eigenvalue weighted by Crippen LogP contribution is 2.27. The summed E-state index contributed by atoms with van der Waals surface area (Å²) in [5, 5.41) is 10.4. The molecule has 0 aliphatic carbocycles. The van der Waals surface area contributed by atoms with E-state index in [1.54, 1.807) is 6.07 Å². The first-order valence-electron chi connectivity index (χ1n) is 5.45. The Hall–Kier alpha value is -2.29. The number of hydrogen-bond donors (Lipinski definition) is 1. The van der Waals surface area contributed by atoms with Gasteiger partial charge >= 0.3 is 0 Å². The Morgan fingerprint density at radius 3 is 2.65 bits per heavy atom. The second kappa shape index (κ2) is 3.63. The van der Waals surface area contributed by atoms with E-state index in [0.29, 0.717) is 0 Å². The lowest BCUT2D eigenvalue weighted by Gasteiger charge is -2.03. The lowest BCUT2D eigenvalue weighted by molar-refractivity contribution is 0.474. The molecule has 0 radical (unpaired) electrons.